The van der Waals surface area contributed by atoms with E-state index in [9.17, 15) is 19.2 Å². The molecule has 120 valence electrons. The maximum absolute atomic E-state index is 11.1. The van der Waals surface area contributed by atoms with Crippen molar-refractivity contribution in [1.82, 2.24) is 0 Å². The number of aliphatic hydroxyl groups excluding tert-OH is 1. The van der Waals surface area contributed by atoms with Crippen molar-refractivity contribution in [3.8, 4) is 0 Å². The molecule has 9 nitrogen and oxygen atoms in total. The Bertz CT molecular complexity index is 377. The highest BCUT2D eigenvalue weighted by Gasteiger charge is 2.19. The van der Waals surface area contributed by atoms with Crippen molar-refractivity contribution in [2.75, 3.05) is 13.2 Å². The smallest absolute Gasteiger partial charge is 0.335 e. The van der Waals surface area contributed by atoms with Crippen LogP contribution >= 0.6 is 0 Å². The van der Waals surface area contributed by atoms with E-state index in [4.69, 9.17) is 20.1 Å². The van der Waals surface area contributed by atoms with Gasteiger partial charge in [0, 0.05) is 0 Å². The van der Waals surface area contributed by atoms with Crippen LogP contribution in [0.1, 0.15) is 32.1 Å². The Morgan fingerprint density at radius 3 is 1.95 bits per heavy atom. The molecule has 1 unspecified atom stereocenters. The number of hydrogen-bond donors (Lipinski definition) is 3. The molecular formula is C12H18O9. The Hall–Kier alpha value is -2.16. The minimum absolute atomic E-state index is 0.0395. The third-order valence-electron chi connectivity index (χ3n) is 2.23. The van der Waals surface area contributed by atoms with Crippen LogP contribution < -0.4 is 0 Å². The first kappa shape index (κ1) is 18.8. The highest BCUT2D eigenvalue weighted by atomic mass is 16.5. The highest BCUT2D eigenvalue weighted by molar-refractivity contribution is 5.80. The summed E-state index contributed by atoms with van der Waals surface area (Å²) in [6.45, 7) is 0.0237. The topological polar surface area (TPSA) is 147 Å². The van der Waals surface area contributed by atoms with Crippen LogP contribution in [-0.2, 0) is 28.7 Å². The predicted octanol–water partition coefficient (Wildman–Crippen LogP) is -0.447. The molecule has 0 bridgehead atoms. The second-order valence-electron chi connectivity index (χ2n) is 4.10. The van der Waals surface area contributed by atoms with Crippen molar-refractivity contribution in [2.45, 2.75) is 38.2 Å². The minimum Gasteiger partial charge on any atom is -0.481 e. The Morgan fingerprint density at radius 1 is 0.857 bits per heavy atom. The number of hydrogen-bond acceptors (Lipinski definition) is 7. The molecule has 0 aromatic rings. The fourth-order valence-corrected chi connectivity index (χ4v) is 1.19. The zero-order valence-electron chi connectivity index (χ0n) is 11.3. The summed E-state index contributed by atoms with van der Waals surface area (Å²) in [7, 11) is 0. The molecule has 1 atom stereocenters. The minimum atomic E-state index is -1.70. The molecule has 9 heteroatoms. The SMILES string of the molecule is O=C(O)CCC(=O)OCCCCOC(=O)C(O)CC(=O)O. The van der Waals surface area contributed by atoms with Gasteiger partial charge in [-0.05, 0) is 12.8 Å². The molecule has 0 saturated heterocycles. The van der Waals surface area contributed by atoms with Gasteiger partial charge in [-0.3, -0.25) is 14.4 Å². The maximum atomic E-state index is 11.1. The van der Waals surface area contributed by atoms with Crippen LogP contribution in [0.25, 0.3) is 0 Å². The van der Waals surface area contributed by atoms with E-state index in [2.05, 4.69) is 4.74 Å². The first-order valence-corrected chi connectivity index (χ1v) is 6.27. The number of carbonyl (C=O) groups excluding carboxylic acids is 2. The number of esters is 2. The zero-order chi connectivity index (χ0) is 16.3. The fraction of sp³-hybridized carbons (Fsp3) is 0.667. The summed E-state index contributed by atoms with van der Waals surface area (Å²) in [5.41, 5.74) is 0. The Balaban J connectivity index is 3.55. The number of carboxylic acid groups (broad SMARTS) is 2. The van der Waals surface area contributed by atoms with Gasteiger partial charge in [0.15, 0.2) is 6.10 Å². The van der Waals surface area contributed by atoms with Crippen LogP contribution in [0.2, 0.25) is 0 Å². The van der Waals surface area contributed by atoms with Crippen LogP contribution in [0.4, 0.5) is 0 Å². The molecule has 0 radical (unpaired) electrons. The average Bonchev–Trinajstić information content (AvgIpc) is 2.39. The van der Waals surface area contributed by atoms with Crippen molar-refractivity contribution < 1.29 is 44.0 Å². The van der Waals surface area contributed by atoms with Crippen LogP contribution in [0.3, 0.4) is 0 Å². The molecule has 0 aliphatic carbocycles. The molecule has 0 amide bonds. The molecule has 0 aliphatic heterocycles. The Kier molecular flexibility index (Phi) is 9.52. The van der Waals surface area contributed by atoms with Crippen LogP contribution in [0.15, 0.2) is 0 Å². The van der Waals surface area contributed by atoms with Crippen molar-refractivity contribution in [3.63, 3.8) is 0 Å². The number of ether oxygens (including phenoxy) is 2. The van der Waals surface area contributed by atoms with E-state index in [1.54, 1.807) is 0 Å². The lowest BCUT2D eigenvalue weighted by atomic mass is 10.2. The van der Waals surface area contributed by atoms with Crippen molar-refractivity contribution in [1.29, 1.82) is 0 Å². The Morgan fingerprint density at radius 2 is 1.43 bits per heavy atom. The van der Waals surface area contributed by atoms with E-state index >= 15 is 0 Å². The van der Waals surface area contributed by atoms with Crippen molar-refractivity contribution >= 4 is 23.9 Å². The third kappa shape index (κ3) is 11.4. The molecule has 21 heavy (non-hydrogen) atoms. The van der Waals surface area contributed by atoms with Gasteiger partial charge in [-0.25, -0.2) is 4.79 Å². The van der Waals surface area contributed by atoms with Gasteiger partial charge in [0.1, 0.15) is 0 Å². The van der Waals surface area contributed by atoms with E-state index in [0.717, 1.165) is 0 Å². The predicted molar refractivity (Wildman–Crippen MR) is 66.3 cm³/mol. The molecule has 0 heterocycles. The van der Waals surface area contributed by atoms with Gasteiger partial charge in [-0.15, -0.1) is 0 Å². The van der Waals surface area contributed by atoms with E-state index < -0.39 is 36.4 Å². The highest BCUT2D eigenvalue weighted by Crippen LogP contribution is 1.99. The number of aliphatic hydroxyl groups is 1. The lowest BCUT2D eigenvalue weighted by molar-refractivity contribution is -0.158. The summed E-state index contributed by atoms with van der Waals surface area (Å²) in [6, 6.07) is 0. The summed E-state index contributed by atoms with van der Waals surface area (Å²) in [4.78, 5) is 42.5. The van der Waals surface area contributed by atoms with Crippen molar-refractivity contribution in [3.05, 3.63) is 0 Å². The van der Waals surface area contributed by atoms with Crippen LogP contribution in [-0.4, -0.2) is 58.5 Å². The first-order chi connectivity index (χ1) is 9.82. The molecule has 3 N–H and O–H groups in total. The first-order valence-electron chi connectivity index (χ1n) is 6.27. The second-order valence-corrected chi connectivity index (χ2v) is 4.10. The van der Waals surface area contributed by atoms with Gasteiger partial charge < -0.3 is 24.8 Å². The lowest BCUT2D eigenvalue weighted by Gasteiger charge is -2.08. The summed E-state index contributed by atoms with van der Waals surface area (Å²) < 4.78 is 9.35. The van der Waals surface area contributed by atoms with Crippen LogP contribution in [0, 0.1) is 0 Å². The largest absolute Gasteiger partial charge is 0.481 e. The fourth-order valence-electron chi connectivity index (χ4n) is 1.19. The molecule has 0 rings (SSSR count). The summed E-state index contributed by atoms with van der Waals surface area (Å²) in [6.07, 6.45) is -2.17. The van der Waals surface area contributed by atoms with Crippen LogP contribution in [0.5, 0.6) is 0 Å². The van der Waals surface area contributed by atoms with Gasteiger partial charge >= 0.3 is 23.9 Å². The molecular weight excluding hydrogens is 288 g/mol. The van der Waals surface area contributed by atoms with Crippen molar-refractivity contribution in [2.24, 2.45) is 0 Å². The monoisotopic (exact) mass is 306 g/mol. The van der Waals surface area contributed by atoms with E-state index in [0.29, 0.717) is 12.8 Å². The van der Waals surface area contributed by atoms with Gasteiger partial charge in [-0.2, -0.15) is 0 Å². The van der Waals surface area contributed by atoms with Gasteiger partial charge in [0.2, 0.25) is 0 Å². The summed E-state index contributed by atoms with van der Waals surface area (Å²) in [5.74, 6) is -4.03. The Labute approximate surface area is 120 Å². The third-order valence-corrected chi connectivity index (χ3v) is 2.23. The molecule has 0 aromatic heterocycles. The second kappa shape index (κ2) is 10.6. The molecule has 0 spiro atoms. The number of aliphatic carboxylic acids is 2. The molecule has 0 saturated carbocycles. The van der Waals surface area contributed by atoms with Gasteiger partial charge in [-0.1, -0.05) is 0 Å². The summed E-state index contributed by atoms with van der Waals surface area (Å²) in [5, 5.41) is 25.8. The molecule has 0 aliphatic rings. The van der Waals surface area contributed by atoms with Gasteiger partial charge in [0.05, 0.1) is 32.5 Å². The summed E-state index contributed by atoms with van der Waals surface area (Å²) >= 11 is 0. The lowest BCUT2D eigenvalue weighted by Crippen LogP contribution is -2.26. The quantitative estimate of drug-likeness (QED) is 0.341. The average molecular weight is 306 g/mol. The zero-order valence-corrected chi connectivity index (χ0v) is 11.3. The number of carboxylic acids is 2. The van der Waals surface area contributed by atoms with E-state index in [1.165, 1.54) is 0 Å². The van der Waals surface area contributed by atoms with Gasteiger partial charge in [0.25, 0.3) is 0 Å². The molecule has 0 fully saturated rings. The number of carbonyl (C=O) groups is 4. The van der Waals surface area contributed by atoms with E-state index in [1.807, 2.05) is 0 Å². The molecule has 0 aromatic carbocycles. The standard InChI is InChI=1S/C12H18O9/c13-8(7-10(16)17)12(19)21-6-2-1-5-20-11(18)4-3-9(14)15/h8,13H,1-7H2,(H,14,15)(H,16,17). The van der Waals surface area contributed by atoms with E-state index in [-0.39, 0.29) is 26.1 Å². The normalized spacial score (nSPS) is 11.5. The number of rotatable bonds is 11. The number of unbranched alkanes of at least 4 members (excludes halogenated alkanes) is 1. The maximum Gasteiger partial charge on any atom is 0.335 e.